The first kappa shape index (κ1) is 27.2. The lowest BCUT2D eigenvalue weighted by Gasteiger charge is -2.38. The second-order valence-corrected chi connectivity index (χ2v) is 11.8. The number of fused-ring (bicyclic) bond motifs is 1. The molecule has 5 rings (SSSR count). The predicted octanol–water partition coefficient (Wildman–Crippen LogP) is 3.71. The molecule has 0 radical (unpaired) electrons. The highest BCUT2D eigenvalue weighted by Gasteiger charge is 2.72. The van der Waals surface area contributed by atoms with Crippen LogP contribution in [0.3, 0.4) is 0 Å². The molecule has 1 aromatic carbocycles. The topological polar surface area (TPSA) is 97.0 Å². The van der Waals surface area contributed by atoms with Crippen LogP contribution in [0.2, 0.25) is 5.02 Å². The molecule has 2 saturated heterocycles. The average molecular weight is 544 g/mol. The molecule has 9 heteroatoms. The quantitative estimate of drug-likeness (QED) is 0.385. The zero-order chi connectivity index (χ0) is 27.2. The molecule has 1 spiro atoms. The summed E-state index contributed by atoms with van der Waals surface area (Å²) < 4.78 is 11.6. The second kappa shape index (κ2) is 10.6. The van der Waals surface area contributed by atoms with Gasteiger partial charge in [-0.15, -0.1) is 0 Å². The number of nitrogens with one attached hydrogen (secondary N) is 2. The highest BCUT2D eigenvalue weighted by molar-refractivity contribution is 6.31. The number of carbonyl (C=O) groups excluding carboxylic acids is 3. The van der Waals surface area contributed by atoms with E-state index in [1.807, 2.05) is 25.1 Å². The van der Waals surface area contributed by atoms with Gasteiger partial charge in [0.05, 0.1) is 17.9 Å². The summed E-state index contributed by atoms with van der Waals surface area (Å²) in [7, 11) is 1.61. The first-order valence-corrected chi connectivity index (χ1v) is 14.1. The van der Waals surface area contributed by atoms with Gasteiger partial charge >= 0.3 is 0 Å². The van der Waals surface area contributed by atoms with Crippen LogP contribution < -0.4 is 10.6 Å². The fourth-order valence-corrected chi connectivity index (χ4v) is 7.01. The van der Waals surface area contributed by atoms with E-state index in [4.69, 9.17) is 21.1 Å². The van der Waals surface area contributed by atoms with Gasteiger partial charge in [0.15, 0.2) is 0 Å². The standard InChI is InChI=1S/C29H38ClN3O5/c1-16-7-5-8-21(18(16)3)32-27(35)25-29-12-11-22(38-29)23(24(29)28(36)33(25)13-6-14-37-4)26(34)31-19-10-9-17(2)20(30)15-19/h9-12,15-16,18,21-25H,5-8,13-14H2,1-4H3,(H,31,34)(H,32,35)/t16-,18-,21-,22-,23-,24-,25+,29+/m1/s1. The van der Waals surface area contributed by atoms with Gasteiger partial charge in [0.2, 0.25) is 17.7 Å². The third kappa shape index (κ3) is 4.54. The number of methoxy groups -OCH3 is 1. The zero-order valence-corrected chi connectivity index (χ0v) is 23.3. The fraction of sp³-hybridized carbons (Fsp3) is 0.621. The Bertz CT molecular complexity index is 1140. The molecule has 3 heterocycles. The minimum atomic E-state index is -1.17. The molecule has 3 amide bonds. The van der Waals surface area contributed by atoms with Crippen molar-refractivity contribution in [1.82, 2.24) is 10.2 Å². The summed E-state index contributed by atoms with van der Waals surface area (Å²) in [6.45, 7) is 7.11. The van der Waals surface area contributed by atoms with Gasteiger partial charge in [-0.3, -0.25) is 14.4 Å². The van der Waals surface area contributed by atoms with Crippen molar-refractivity contribution >= 4 is 35.0 Å². The monoisotopic (exact) mass is 543 g/mol. The molecular weight excluding hydrogens is 506 g/mol. The summed E-state index contributed by atoms with van der Waals surface area (Å²) >= 11 is 6.26. The maximum atomic E-state index is 14.0. The maximum absolute atomic E-state index is 14.0. The van der Waals surface area contributed by atoms with Crippen LogP contribution in [-0.2, 0) is 23.9 Å². The predicted molar refractivity (Wildman–Crippen MR) is 145 cm³/mol. The number of hydrogen-bond acceptors (Lipinski definition) is 5. The number of carbonyl (C=O) groups is 3. The molecule has 1 saturated carbocycles. The van der Waals surface area contributed by atoms with Crippen LogP contribution in [0.5, 0.6) is 0 Å². The SMILES string of the molecule is COCCCN1C(=O)[C@H]2[C@H](C(=O)Nc3ccc(C)c(Cl)c3)[C@H]3C=C[C@@]2(O3)[C@@H]1C(=O)N[C@@H]1CCC[C@@H](C)[C@H]1C. The van der Waals surface area contributed by atoms with E-state index in [-0.39, 0.29) is 23.8 Å². The van der Waals surface area contributed by atoms with Crippen LogP contribution in [0.15, 0.2) is 30.4 Å². The first-order chi connectivity index (χ1) is 18.2. The smallest absolute Gasteiger partial charge is 0.246 e. The largest absolute Gasteiger partial charge is 0.385 e. The molecule has 1 aliphatic carbocycles. The van der Waals surface area contributed by atoms with E-state index in [9.17, 15) is 14.4 Å². The van der Waals surface area contributed by atoms with Gasteiger partial charge < -0.3 is 25.0 Å². The Morgan fingerprint density at radius 3 is 2.76 bits per heavy atom. The molecule has 2 N–H and O–H groups in total. The minimum Gasteiger partial charge on any atom is -0.385 e. The number of likely N-dealkylation sites (tertiary alicyclic amines) is 1. The van der Waals surface area contributed by atoms with Crippen molar-refractivity contribution in [3.63, 3.8) is 0 Å². The molecule has 3 aliphatic heterocycles. The Balaban J connectivity index is 1.42. The number of amides is 3. The summed E-state index contributed by atoms with van der Waals surface area (Å²) in [5.41, 5.74) is 0.293. The average Bonchev–Trinajstić information content (AvgIpc) is 3.52. The number of aryl methyl sites for hydroxylation is 1. The van der Waals surface area contributed by atoms with Crippen LogP contribution in [-0.4, -0.2) is 66.7 Å². The molecule has 4 aliphatic rings. The van der Waals surface area contributed by atoms with Crippen LogP contribution in [0.4, 0.5) is 5.69 Å². The van der Waals surface area contributed by atoms with Gasteiger partial charge in [-0.05, 0) is 49.3 Å². The van der Waals surface area contributed by atoms with Crippen molar-refractivity contribution in [3.05, 3.63) is 40.9 Å². The Labute approximate surface area is 229 Å². The number of anilines is 1. The number of halogens is 1. The van der Waals surface area contributed by atoms with Crippen molar-refractivity contribution in [2.45, 2.75) is 70.2 Å². The summed E-state index contributed by atoms with van der Waals surface area (Å²) in [5.74, 6) is -1.40. The van der Waals surface area contributed by atoms with Crippen molar-refractivity contribution < 1.29 is 23.9 Å². The number of benzene rings is 1. The third-order valence-corrected chi connectivity index (χ3v) is 9.55. The van der Waals surface area contributed by atoms with Crippen molar-refractivity contribution in [3.8, 4) is 0 Å². The minimum absolute atomic E-state index is 0.0468. The molecule has 206 valence electrons. The Morgan fingerprint density at radius 2 is 2.03 bits per heavy atom. The Morgan fingerprint density at radius 1 is 1.24 bits per heavy atom. The summed E-state index contributed by atoms with van der Waals surface area (Å²) in [6, 6.07) is 4.53. The number of nitrogens with zero attached hydrogens (tertiary/aromatic N) is 1. The van der Waals surface area contributed by atoms with Crippen LogP contribution in [0.1, 0.15) is 45.1 Å². The first-order valence-electron chi connectivity index (χ1n) is 13.7. The lowest BCUT2D eigenvalue weighted by molar-refractivity contribution is -0.141. The fourth-order valence-electron chi connectivity index (χ4n) is 6.83. The summed E-state index contributed by atoms with van der Waals surface area (Å²) in [6.07, 6.45) is 6.82. The maximum Gasteiger partial charge on any atom is 0.246 e. The van der Waals surface area contributed by atoms with Gasteiger partial charge in [-0.25, -0.2) is 0 Å². The van der Waals surface area contributed by atoms with E-state index in [0.29, 0.717) is 42.1 Å². The highest BCUT2D eigenvalue weighted by Crippen LogP contribution is 2.55. The molecule has 1 aromatic rings. The Kier molecular flexibility index (Phi) is 7.59. The lowest BCUT2D eigenvalue weighted by atomic mass is 9.73. The summed E-state index contributed by atoms with van der Waals surface area (Å²) in [5, 5.41) is 6.75. The molecule has 0 unspecified atom stereocenters. The highest BCUT2D eigenvalue weighted by atomic mass is 35.5. The van der Waals surface area contributed by atoms with Crippen LogP contribution in [0.25, 0.3) is 0 Å². The molecule has 3 fully saturated rings. The van der Waals surface area contributed by atoms with Crippen LogP contribution in [0, 0.1) is 30.6 Å². The van der Waals surface area contributed by atoms with Gasteiger partial charge in [-0.2, -0.15) is 0 Å². The molecular formula is C29H38ClN3O5. The number of hydrogen-bond donors (Lipinski definition) is 2. The van der Waals surface area contributed by atoms with Gasteiger partial charge in [-0.1, -0.05) is 56.5 Å². The lowest BCUT2D eigenvalue weighted by Crippen LogP contribution is -2.58. The molecule has 38 heavy (non-hydrogen) atoms. The zero-order valence-electron chi connectivity index (χ0n) is 22.5. The van der Waals surface area contributed by atoms with Gasteiger partial charge in [0.1, 0.15) is 11.6 Å². The Hall–Kier alpha value is -2.42. The number of rotatable bonds is 8. The molecule has 8 atom stereocenters. The molecule has 8 nitrogen and oxygen atoms in total. The van der Waals surface area contributed by atoms with Gasteiger partial charge in [0, 0.05) is 37.0 Å². The van der Waals surface area contributed by atoms with E-state index in [2.05, 4.69) is 24.5 Å². The van der Waals surface area contributed by atoms with E-state index >= 15 is 0 Å². The van der Waals surface area contributed by atoms with E-state index in [1.165, 1.54) is 0 Å². The second-order valence-electron chi connectivity index (χ2n) is 11.4. The summed E-state index contributed by atoms with van der Waals surface area (Å²) in [4.78, 5) is 43.1. The van der Waals surface area contributed by atoms with Gasteiger partial charge in [0.25, 0.3) is 0 Å². The van der Waals surface area contributed by atoms with Crippen LogP contribution >= 0.6 is 11.6 Å². The molecule has 2 bridgehead atoms. The van der Waals surface area contributed by atoms with Crippen molar-refractivity contribution in [2.24, 2.45) is 23.7 Å². The van der Waals surface area contributed by atoms with Crippen molar-refractivity contribution in [1.29, 1.82) is 0 Å². The molecule has 0 aromatic heterocycles. The third-order valence-electron chi connectivity index (χ3n) is 9.15. The number of ether oxygens (including phenoxy) is 2. The normalized spacial score (nSPS) is 35.4. The van der Waals surface area contributed by atoms with E-state index in [0.717, 1.165) is 24.8 Å². The van der Waals surface area contributed by atoms with E-state index in [1.54, 1.807) is 24.1 Å². The van der Waals surface area contributed by atoms with Crippen molar-refractivity contribution in [2.75, 3.05) is 25.6 Å². The van der Waals surface area contributed by atoms with E-state index < -0.39 is 29.6 Å².